The number of aryl methyl sites for hydroxylation is 1. The summed E-state index contributed by atoms with van der Waals surface area (Å²) >= 11 is 0.834. The fourth-order valence-electron chi connectivity index (χ4n) is 1.79. The van der Waals surface area contributed by atoms with Gasteiger partial charge in [0.05, 0.1) is 14.2 Å². The van der Waals surface area contributed by atoms with Gasteiger partial charge in [0.2, 0.25) is 0 Å². The van der Waals surface area contributed by atoms with Crippen molar-refractivity contribution in [3.05, 3.63) is 22.1 Å². The summed E-state index contributed by atoms with van der Waals surface area (Å²) in [6.45, 7) is 1.45. The van der Waals surface area contributed by atoms with Gasteiger partial charge < -0.3 is 15.2 Å². The highest BCUT2D eigenvalue weighted by molar-refractivity contribution is 7.93. The summed E-state index contributed by atoms with van der Waals surface area (Å²) in [4.78, 5) is 34.2. The summed E-state index contributed by atoms with van der Waals surface area (Å²) in [7, 11) is -2.22. The number of aromatic nitrogens is 3. The Morgan fingerprint density at radius 1 is 1.24 bits per heavy atom. The molecular weight excluding hydrogens is 374 g/mol. The number of esters is 1. The van der Waals surface area contributed by atoms with E-state index >= 15 is 0 Å². The van der Waals surface area contributed by atoms with Crippen LogP contribution in [0.25, 0.3) is 0 Å². The molecule has 11 nitrogen and oxygen atoms in total. The van der Waals surface area contributed by atoms with Gasteiger partial charge in [0.1, 0.15) is 15.6 Å². The van der Waals surface area contributed by atoms with Crippen LogP contribution in [0.1, 0.15) is 15.5 Å². The first kappa shape index (κ1) is 18.5. The van der Waals surface area contributed by atoms with Gasteiger partial charge in [0.15, 0.2) is 0 Å². The number of nitrogens with zero attached hydrogens (tertiary/aromatic N) is 4. The summed E-state index contributed by atoms with van der Waals surface area (Å²) in [5.41, 5.74) is 5.22. The first-order valence-corrected chi connectivity index (χ1v) is 8.81. The number of methoxy groups -OCH3 is 2. The fraction of sp³-hybridized carbons (Fsp3) is 0.250. The number of amides is 2. The van der Waals surface area contributed by atoms with Crippen LogP contribution < -0.4 is 14.8 Å². The minimum atomic E-state index is -4.58. The summed E-state index contributed by atoms with van der Waals surface area (Å²) in [5, 5.41) is 1.36. The van der Waals surface area contributed by atoms with E-state index in [1.54, 1.807) is 0 Å². The van der Waals surface area contributed by atoms with E-state index in [1.807, 2.05) is 0 Å². The first-order chi connectivity index (χ1) is 11.7. The number of carbonyl (C=O) groups excluding carboxylic acids is 2. The van der Waals surface area contributed by atoms with E-state index in [0.717, 1.165) is 24.5 Å². The quantitative estimate of drug-likeness (QED) is 0.713. The van der Waals surface area contributed by atoms with Crippen LogP contribution in [0.15, 0.2) is 16.3 Å². The predicted octanol–water partition coefficient (Wildman–Crippen LogP) is 0.311. The maximum atomic E-state index is 12.9. The van der Waals surface area contributed by atoms with Gasteiger partial charge in [-0.2, -0.15) is 15.0 Å². The number of rotatable bonds is 5. The number of thiophene rings is 1. The summed E-state index contributed by atoms with van der Waals surface area (Å²) in [5.74, 6) is -1.33. The molecule has 2 heterocycles. The lowest BCUT2D eigenvalue weighted by Crippen LogP contribution is -2.42. The summed E-state index contributed by atoms with van der Waals surface area (Å²) < 4.78 is 35.3. The number of urea groups is 1. The average molecular weight is 387 g/mol. The Morgan fingerprint density at radius 2 is 1.92 bits per heavy atom. The minimum Gasteiger partial charge on any atom is -0.467 e. The van der Waals surface area contributed by atoms with Gasteiger partial charge in [-0.1, -0.05) is 0 Å². The van der Waals surface area contributed by atoms with Crippen molar-refractivity contribution in [2.75, 3.05) is 18.5 Å². The highest BCUT2D eigenvalue weighted by atomic mass is 32.2. The van der Waals surface area contributed by atoms with Crippen LogP contribution in [0, 0.1) is 6.92 Å². The molecule has 134 valence electrons. The number of hydrogen-bond donors (Lipinski definition) is 1. The third-order valence-corrected chi connectivity index (χ3v) is 5.54. The van der Waals surface area contributed by atoms with Crippen molar-refractivity contribution in [1.82, 2.24) is 15.0 Å². The molecule has 25 heavy (non-hydrogen) atoms. The second kappa shape index (κ2) is 6.98. The third-order valence-electron chi connectivity index (χ3n) is 2.80. The van der Waals surface area contributed by atoms with Crippen molar-refractivity contribution >= 4 is 39.3 Å². The lowest BCUT2D eigenvalue weighted by atomic mass is 10.5. The molecule has 0 atom stereocenters. The molecule has 0 aliphatic carbocycles. The maximum absolute atomic E-state index is 12.9. The molecule has 2 N–H and O–H groups in total. The number of ether oxygens (including phenoxy) is 2. The van der Waals surface area contributed by atoms with Crippen molar-refractivity contribution in [3.63, 3.8) is 0 Å². The molecule has 0 saturated heterocycles. The van der Waals surface area contributed by atoms with E-state index < -0.39 is 32.9 Å². The highest BCUT2D eigenvalue weighted by Gasteiger charge is 2.36. The van der Waals surface area contributed by atoms with Crippen LogP contribution >= 0.6 is 11.3 Å². The van der Waals surface area contributed by atoms with Crippen LogP contribution in [0.3, 0.4) is 0 Å². The normalized spacial score (nSPS) is 11.0. The molecule has 2 amide bonds. The standard InChI is InChI=1S/C12H13N5O6S2/c1-6-14-11(16-12(15-6)23-3)17(10(13)19)25(20,21)7-4-5-24-8(7)9(18)22-2/h4-5H,1-3H3,(H2,13,19). The van der Waals surface area contributed by atoms with Crippen LogP contribution in [-0.4, -0.2) is 49.6 Å². The molecule has 2 rings (SSSR count). The Hall–Kier alpha value is -2.80. The molecule has 0 unspecified atom stereocenters. The molecule has 0 spiro atoms. The zero-order valence-corrected chi connectivity index (χ0v) is 14.9. The molecular formula is C12H13N5O6S2. The molecule has 2 aromatic rings. The van der Waals surface area contributed by atoms with Crippen LogP contribution in [0.2, 0.25) is 0 Å². The zero-order valence-electron chi connectivity index (χ0n) is 13.3. The molecule has 0 bridgehead atoms. The predicted molar refractivity (Wildman–Crippen MR) is 86.0 cm³/mol. The zero-order chi connectivity index (χ0) is 18.8. The maximum Gasteiger partial charge on any atom is 0.349 e. The van der Waals surface area contributed by atoms with Crippen LogP contribution in [0.4, 0.5) is 10.7 Å². The lowest BCUT2D eigenvalue weighted by molar-refractivity contribution is 0.0602. The molecule has 2 aromatic heterocycles. The van der Waals surface area contributed by atoms with Gasteiger partial charge in [-0.15, -0.1) is 15.6 Å². The number of nitrogens with two attached hydrogens (primary N) is 1. The van der Waals surface area contributed by atoms with Gasteiger partial charge in [0.25, 0.3) is 16.0 Å². The van der Waals surface area contributed by atoms with Crippen LogP contribution in [0.5, 0.6) is 6.01 Å². The summed E-state index contributed by atoms with van der Waals surface area (Å²) in [6, 6.07) is -0.426. The SMILES string of the molecule is COC(=O)c1sccc1S(=O)(=O)N(C(N)=O)c1nc(C)nc(OC)n1. The Bertz CT molecular complexity index is 926. The number of anilines is 1. The number of carbonyl (C=O) groups is 2. The largest absolute Gasteiger partial charge is 0.467 e. The average Bonchev–Trinajstić information content (AvgIpc) is 3.03. The molecule has 13 heteroatoms. The van der Waals surface area contributed by atoms with Gasteiger partial charge in [0, 0.05) is 0 Å². The molecule has 0 saturated carbocycles. The van der Waals surface area contributed by atoms with E-state index in [-0.39, 0.29) is 21.0 Å². The second-order valence-corrected chi connectivity index (χ2v) is 7.05. The first-order valence-electron chi connectivity index (χ1n) is 6.49. The van der Waals surface area contributed by atoms with E-state index in [1.165, 1.54) is 19.4 Å². The highest BCUT2D eigenvalue weighted by Crippen LogP contribution is 2.28. The molecule has 0 fully saturated rings. The second-order valence-electron chi connectivity index (χ2n) is 4.38. The molecule has 0 aromatic carbocycles. The Morgan fingerprint density at radius 3 is 2.48 bits per heavy atom. The van der Waals surface area contributed by atoms with E-state index in [4.69, 9.17) is 10.5 Å². The smallest absolute Gasteiger partial charge is 0.349 e. The van der Waals surface area contributed by atoms with Crippen molar-refractivity contribution in [2.24, 2.45) is 5.73 Å². The van der Waals surface area contributed by atoms with E-state index in [0.29, 0.717) is 0 Å². The van der Waals surface area contributed by atoms with E-state index in [2.05, 4.69) is 19.7 Å². The number of primary amides is 1. The topological polar surface area (TPSA) is 155 Å². The third kappa shape index (κ3) is 3.51. The van der Waals surface area contributed by atoms with Gasteiger partial charge in [-0.25, -0.2) is 18.0 Å². The van der Waals surface area contributed by atoms with Crippen molar-refractivity contribution in [1.29, 1.82) is 0 Å². The number of sulfonamides is 1. The van der Waals surface area contributed by atoms with Gasteiger partial charge >= 0.3 is 18.0 Å². The lowest BCUT2D eigenvalue weighted by Gasteiger charge is -2.18. The Labute approximate surface area is 146 Å². The molecule has 0 radical (unpaired) electrons. The number of hydrogen-bond acceptors (Lipinski definition) is 10. The van der Waals surface area contributed by atoms with Gasteiger partial charge in [-0.3, -0.25) is 0 Å². The monoisotopic (exact) mass is 387 g/mol. The van der Waals surface area contributed by atoms with Gasteiger partial charge in [-0.05, 0) is 18.4 Å². The summed E-state index contributed by atoms with van der Waals surface area (Å²) in [6.07, 6.45) is 0. The van der Waals surface area contributed by atoms with Crippen molar-refractivity contribution < 1.29 is 27.5 Å². The van der Waals surface area contributed by atoms with E-state index in [9.17, 15) is 18.0 Å². The van der Waals surface area contributed by atoms with Crippen molar-refractivity contribution in [3.8, 4) is 6.01 Å². The van der Waals surface area contributed by atoms with Crippen LogP contribution in [-0.2, 0) is 14.8 Å². The molecule has 0 aliphatic heterocycles. The van der Waals surface area contributed by atoms with Crippen molar-refractivity contribution in [2.45, 2.75) is 11.8 Å². The Kier molecular flexibility index (Phi) is 5.18. The molecule has 0 aliphatic rings. The fourth-order valence-corrected chi connectivity index (χ4v) is 4.33. The Balaban J connectivity index is 2.65. The minimum absolute atomic E-state index is 0.0989.